The Morgan fingerprint density at radius 1 is 0.971 bits per heavy atom. The monoisotopic (exact) mass is 489 g/mol. The molecule has 1 saturated heterocycles. The second-order valence-corrected chi connectivity index (χ2v) is 9.09. The second-order valence-electron chi connectivity index (χ2n) is 8.65. The van der Waals surface area contributed by atoms with Crippen molar-refractivity contribution in [2.75, 3.05) is 26.8 Å². The van der Waals surface area contributed by atoms with Gasteiger partial charge in [-0.25, -0.2) is 0 Å². The van der Waals surface area contributed by atoms with Crippen LogP contribution in [0.4, 0.5) is 13.2 Å². The minimum absolute atomic E-state index is 0.0712. The van der Waals surface area contributed by atoms with E-state index < -0.39 is 11.7 Å². The van der Waals surface area contributed by atoms with Crippen molar-refractivity contribution in [3.05, 3.63) is 88.4 Å². The van der Waals surface area contributed by atoms with Gasteiger partial charge in [0.1, 0.15) is 5.75 Å². The van der Waals surface area contributed by atoms with Gasteiger partial charge in [0.2, 0.25) is 0 Å². The second kappa shape index (κ2) is 10.4. The molecular formula is C27H27ClF3NO2. The Morgan fingerprint density at radius 2 is 1.71 bits per heavy atom. The van der Waals surface area contributed by atoms with Crippen LogP contribution in [0.3, 0.4) is 0 Å². The normalized spacial score (nSPS) is 15.8. The highest BCUT2D eigenvalue weighted by Gasteiger charge is 2.35. The van der Waals surface area contributed by atoms with Crippen LogP contribution < -0.4 is 10.1 Å². The van der Waals surface area contributed by atoms with Crippen molar-refractivity contribution in [1.82, 2.24) is 5.32 Å². The number of piperidine rings is 1. The topological polar surface area (TPSA) is 30.5 Å². The van der Waals surface area contributed by atoms with Gasteiger partial charge in [0.25, 0.3) is 0 Å². The lowest BCUT2D eigenvalue weighted by Gasteiger charge is -2.38. The zero-order chi connectivity index (χ0) is 24.2. The Balaban J connectivity index is 1.62. The molecular weight excluding hydrogens is 463 g/mol. The van der Waals surface area contributed by atoms with Crippen LogP contribution in [0.5, 0.6) is 5.75 Å². The molecule has 7 heteroatoms. The van der Waals surface area contributed by atoms with E-state index in [-0.39, 0.29) is 12.0 Å². The summed E-state index contributed by atoms with van der Waals surface area (Å²) in [6, 6.07) is 19.1. The first-order valence-corrected chi connectivity index (χ1v) is 11.6. The average Bonchev–Trinajstić information content (AvgIpc) is 2.84. The molecule has 4 rings (SSSR count). The molecule has 1 fully saturated rings. The predicted molar refractivity (Wildman–Crippen MR) is 128 cm³/mol. The summed E-state index contributed by atoms with van der Waals surface area (Å²) in [6.45, 7) is 2.26. The molecule has 0 radical (unpaired) electrons. The smallest absolute Gasteiger partial charge is 0.416 e. The molecule has 3 nitrogen and oxygen atoms in total. The highest BCUT2D eigenvalue weighted by atomic mass is 35.5. The Kier molecular flexibility index (Phi) is 7.51. The highest BCUT2D eigenvalue weighted by Crippen LogP contribution is 2.38. The van der Waals surface area contributed by atoms with E-state index in [9.17, 15) is 13.2 Å². The fourth-order valence-corrected chi connectivity index (χ4v) is 4.75. The van der Waals surface area contributed by atoms with Crippen LogP contribution in [-0.4, -0.2) is 26.8 Å². The molecule has 34 heavy (non-hydrogen) atoms. The summed E-state index contributed by atoms with van der Waals surface area (Å²) in [4.78, 5) is 0. The molecule has 0 amide bonds. The van der Waals surface area contributed by atoms with Crippen molar-refractivity contribution < 1.29 is 22.6 Å². The average molecular weight is 490 g/mol. The van der Waals surface area contributed by atoms with Crippen LogP contribution in [0.2, 0.25) is 5.02 Å². The van der Waals surface area contributed by atoms with Crippen LogP contribution in [0.1, 0.15) is 29.5 Å². The van der Waals surface area contributed by atoms with Gasteiger partial charge in [0.05, 0.1) is 25.9 Å². The third-order valence-corrected chi connectivity index (χ3v) is 6.62. The molecule has 0 unspecified atom stereocenters. The van der Waals surface area contributed by atoms with E-state index in [0.29, 0.717) is 34.1 Å². The van der Waals surface area contributed by atoms with Crippen LogP contribution >= 0.6 is 11.6 Å². The van der Waals surface area contributed by atoms with E-state index in [1.807, 2.05) is 18.2 Å². The maximum atomic E-state index is 13.7. The minimum atomic E-state index is -4.49. The molecule has 0 saturated carbocycles. The molecule has 0 bridgehead atoms. The van der Waals surface area contributed by atoms with Crippen LogP contribution in [-0.2, 0) is 22.9 Å². The van der Waals surface area contributed by atoms with Crippen molar-refractivity contribution >= 4 is 11.6 Å². The van der Waals surface area contributed by atoms with Gasteiger partial charge in [0.15, 0.2) is 0 Å². The number of nitrogens with one attached hydrogen (secondary N) is 1. The number of halogens is 4. The fourth-order valence-electron chi connectivity index (χ4n) is 4.58. The quantitative estimate of drug-likeness (QED) is 0.392. The number of rotatable bonds is 7. The molecule has 0 atom stereocenters. The van der Waals surface area contributed by atoms with E-state index in [1.54, 1.807) is 24.3 Å². The lowest BCUT2D eigenvalue weighted by molar-refractivity contribution is -0.137. The van der Waals surface area contributed by atoms with E-state index in [2.05, 4.69) is 17.4 Å². The van der Waals surface area contributed by atoms with Gasteiger partial charge in [-0.1, -0.05) is 41.9 Å². The van der Waals surface area contributed by atoms with Crippen LogP contribution in [0.15, 0.2) is 66.7 Å². The summed E-state index contributed by atoms with van der Waals surface area (Å²) < 4.78 is 52.6. The minimum Gasteiger partial charge on any atom is -0.496 e. The first-order chi connectivity index (χ1) is 16.3. The lowest BCUT2D eigenvalue weighted by Crippen LogP contribution is -2.43. The number of benzene rings is 3. The Morgan fingerprint density at radius 3 is 2.38 bits per heavy atom. The summed E-state index contributed by atoms with van der Waals surface area (Å²) in [5.41, 5.74) is 1.64. The SMILES string of the molecule is COc1ccc(Cl)cc1-c1cc(COCC2(c3ccccc3)CCNCC2)cc(C(F)(F)F)c1. The first kappa shape index (κ1) is 24.6. The number of alkyl halides is 3. The lowest BCUT2D eigenvalue weighted by atomic mass is 9.74. The fraction of sp³-hybridized carbons (Fsp3) is 0.333. The van der Waals surface area contributed by atoms with Crippen molar-refractivity contribution in [3.63, 3.8) is 0 Å². The number of ether oxygens (including phenoxy) is 2. The number of hydrogen-bond acceptors (Lipinski definition) is 3. The van der Waals surface area contributed by atoms with Gasteiger partial charge in [-0.2, -0.15) is 13.2 Å². The molecule has 1 heterocycles. The Labute approximate surface area is 202 Å². The van der Waals surface area contributed by atoms with Gasteiger partial charge in [-0.05, 0) is 79.0 Å². The van der Waals surface area contributed by atoms with Crippen molar-refractivity contribution in [3.8, 4) is 16.9 Å². The third kappa shape index (κ3) is 5.57. The molecule has 180 valence electrons. The van der Waals surface area contributed by atoms with E-state index >= 15 is 0 Å². The van der Waals surface area contributed by atoms with Crippen LogP contribution in [0.25, 0.3) is 11.1 Å². The third-order valence-electron chi connectivity index (χ3n) is 6.39. The number of hydrogen-bond donors (Lipinski definition) is 1. The molecule has 3 aromatic carbocycles. The Bertz CT molecular complexity index is 1110. The highest BCUT2D eigenvalue weighted by molar-refractivity contribution is 6.31. The van der Waals surface area contributed by atoms with E-state index in [0.717, 1.165) is 38.1 Å². The maximum absolute atomic E-state index is 13.7. The molecule has 0 spiro atoms. The summed E-state index contributed by atoms with van der Waals surface area (Å²) >= 11 is 6.13. The van der Waals surface area contributed by atoms with Gasteiger partial charge in [-0.15, -0.1) is 0 Å². The van der Waals surface area contributed by atoms with E-state index in [1.165, 1.54) is 12.7 Å². The Hall–Kier alpha value is -2.54. The first-order valence-electron chi connectivity index (χ1n) is 11.2. The zero-order valence-electron chi connectivity index (χ0n) is 18.9. The van der Waals surface area contributed by atoms with Gasteiger partial charge in [-0.3, -0.25) is 0 Å². The summed E-state index contributed by atoms with van der Waals surface area (Å²) in [5, 5.41) is 3.80. The van der Waals surface area contributed by atoms with Crippen molar-refractivity contribution in [2.45, 2.75) is 31.0 Å². The van der Waals surface area contributed by atoms with Crippen molar-refractivity contribution in [1.29, 1.82) is 0 Å². The maximum Gasteiger partial charge on any atom is 0.416 e. The summed E-state index contributed by atoms with van der Waals surface area (Å²) in [5.74, 6) is 0.452. The van der Waals surface area contributed by atoms with Crippen molar-refractivity contribution in [2.24, 2.45) is 0 Å². The summed E-state index contributed by atoms with van der Waals surface area (Å²) in [6.07, 6.45) is -2.67. The molecule has 0 aliphatic carbocycles. The molecule has 1 aliphatic heterocycles. The number of methoxy groups -OCH3 is 1. The molecule has 0 aromatic heterocycles. The standard InChI is InChI=1S/C27H27ClF3NO2/c1-33-25-8-7-23(28)16-24(25)20-13-19(14-22(15-20)27(29,30)31)17-34-18-26(9-11-32-12-10-26)21-5-3-2-4-6-21/h2-8,13-16,32H,9-12,17-18H2,1H3. The molecule has 1 aliphatic rings. The predicted octanol–water partition coefficient (Wildman–Crippen LogP) is 6.87. The zero-order valence-corrected chi connectivity index (χ0v) is 19.7. The molecule has 1 N–H and O–H groups in total. The molecule has 3 aromatic rings. The van der Waals surface area contributed by atoms with Gasteiger partial charge >= 0.3 is 6.18 Å². The van der Waals surface area contributed by atoms with Gasteiger partial charge < -0.3 is 14.8 Å². The summed E-state index contributed by atoms with van der Waals surface area (Å²) in [7, 11) is 1.48. The largest absolute Gasteiger partial charge is 0.496 e. The van der Waals surface area contributed by atoms with E-state index in [4.69, 9.17) is 21.1 Å². The van der Waals surface area contributed by atoms with Crippen LogP contribution in [0, 0.1) is 0 Å². The van der Waals surface area contributed by atoms with Gasteiger partial charge in [0, 0.05) is 16.0 Å².